The minimum atomic E-state index is -1.55. The number of halogens is 1. The highest BCUT2D eigenvalue weighted by molar-refractivity contribution is 6.30. The van der Waals surface area contributed by atoms with E-state index in [1.165, 1.54) is 49.3 Å². The summed E-state index contributed by atoms with van der Waals surface area (Å²) < 4.78 is 13.0. The maximum Gasteiger partial charge on any atom is 0.333 e. The van der Waals surface area contributed by atoms with Crippen molar-refractivity contribution in [1.82, 2.24) is 29.3 Å². The van der Waals surface area contributed by atoms with Crippen LogP contribution < -0.4 is 10.1 Å². The minimum Gasteiger partial charge on any atom is -0.483 e. The van der Waals surface area contributed by atoms with Gasteiger partial charge >= 0.3 is 5.97 Å². The first kappa shape index (κ1) is 33.0. The average Bonchev–Trinajstić information content (AvgIpc) is 3.68. The van der Waals surface area contributed by atoms with Crippen LogP contribution in [-0.2, 0) is 20.9 Å². The molecule has 4 saturated carbocycles. The van der Waals surface area contributed by atoms with Crippen molar-refractivity contribution in [2.45, 2.75) is 69.2 Å². The predicted octanol–water partition coefficient (Wildman–Crippen LogP) is 3.46. The molecule has 1 amide bonds. The number of ether oxygens (including phenoxy) is 2. The maximum atomic E-state index is 13.3. The van der Waals surface area contributed by atoms with Crippen molar-refractivity contribution in [3.05, 3.63) is 51.9 Å². The van der Waals surface area contributed by atoms with Gasteiger partial charge in [-0.1, -0.05) is 16.7 Å². The summed E-state index contributed by atoms with van der Waals surface area (Å²) >= 11 is 6.35. The number of benzene rings is 1. The van der Waals surface area contributed by atoms with Crippen LogP contribution in [0, 0.1) is 23.7 Å². The number of nitrogens with one attached hydrogen (secondary N) is 1. The fourth-order valence-electron chi connectivity index (χ4n) is 9.45. The number of rotatable bonds is 10. The Hall–Kier alpha value is -4.21. The number of carbonyl (C=O) groups excluding carboxylic acids is 1. The first-order valence-electron chi connectivity index (χ1n) is 17.2. The monoisotopic (exact) mass is 706 g/mol. The summed E-state index contributed by atoms with van der Waals surface area (Å²) in [6.07, 6.45) is 5.43. The second kappa shape index (κ2) is 13.5. The van der Waals surface area contributed by atoms with Gasteiger partial charge in [0.05, 0.1) is 6.33 Å². The lowest BCUT2D eigenvalue weighted by Crippen LogP contribution is -2.60. The molecule has 4 atom stereocenters. The summed E-state index contributed by atoms with van der Waals surface area (Å²) in [5, 5.41) is 27.4. The van der Waals surface area contributed by atoms with Gasteiger partial charge in [0.2, 0.25) is 0 Å². The molecule has 17 heteroatoms. The molecule has 6 fully saturated rings. The standard InChI is InChI=1S/C33H39ClN10O6/c34-22-1-2-23(49-14-24(45)42-3-5-43(6-4-42)27-19-8-17-7-18(10-19)11-20(27)9-17)21(12-22)13-36-30-26-31(38-15-37-30)44(16-39-26)32-28(46)25(40-41-35)29(50-32)33(47)48/h1-2,12,15-20,25,27-29,32,46H,3-11,13-14H2,(H,47,48)(H,36,37,38). The number of carboxylic acid groups (broad SMARTS) is 1. The number of aromatic nitrogens is 4. The third-order valence-electron chi connectivity index (χ3n) is 11.4. The summed E-state index contributed by atoms with van der Waals surface area (Å²) in [6, 6.07) is 4.54. The SMILES string of the molecule is [N-]=[N+]=NC1C(C(=O)O)OC(n2cnc3c(NCc4cc(Cl)ccc4OCC(=O)N4CCN(C5C6CC7CC(C6)CC5C7)CC4)ncnc32)C1O. The topological polar surface area (TPSA) is 204 Å². The third kappa shape index (κ3) is 6.08. The lowest BCUT2D eigenvalue weighted by Gasteiger charge is -2.58. The molecular weight excluding hydrogens is 668 g/mol. The summed E-state index contributed by atoms with van der Waals surface area (Å²) in [4.78, 5) is 45.2. The molecule has 50 heavy (non-hydrogen) atoms. The number of fused-ring (bicyclic) bond motifs is 1. The lowest BCUT2D eigenvalue weighted by atomic mass is 9.54. The van der Waals surface area contributed by atoms with E-state index in [1.807, 2.05) is 4.90 Å². The van der Waals surface area contributed by atoms with Gasteiger partial charge in [0.15, 0.2) is 35.9 Å². The Morgan fingerprint density at radius 3 is 2.52 bits per heavy atom. The Bertz CT molecular complexity index is 1800. The third-order valence-corrected chi connectivity index (χ3v) is 11.6. The lowest BCUT2D eigenvalue weighted by molar-refractivity contribution is -0.152. The van der Waals surface area contributed by atoms with Crippen molar-refractivity contribution in [2.24, 2.45) is 28.8 Å². The van der Waals surface area contributed by atoms with Gasteiger partial charge in [-0.15, -0.1) is 0 Å². The Balaban J connectivity index is 0.896. The van der Waals surface area contributed by atoms with E-state index in [4.69, 9.17) is 26.6 Å². The Kier molecular flexibility index (Phi) is 8.89. The molecular formula is C33H39ClN10O6. The highest BCUT2D eigenvalue weighted by Crippen LogP contribution is 2.55. The van der Waals surface area contributed by atoms with Crippen LogP contribution >= 0.6 is 11.6 Å². The van der Waals surface area contributed by atoms with E-state index in [1.54, 1.807) is 18.2 Å². The number of carbonyl (C=O) groups is 2. The molecule has 0 radical (unpaired) electrons. The van der Waals surface area contributed by atoms with E-state index < -0.39 is 30.4 Å². The number of amides is 1. The summed E-state index contributed by atoms with van der Waals surface area (Å²) in [7, 11) is 0. The highest BCUT2D eigenvalue weighted by Gasteiger charge is 2.51. The van der Waals surface area contributed by atoms with Crippen LogP contribution in [0.3, 0.4) is 0 Å². The number of anilines is 1. The molecule has 16 nitrogen and oxygen atoms in total. The van der Waals surface area contributed by atoms with Crippen molar-refractivity contribution in [1.29, 1.82) is 0 Å². The minimum absolute atomic E-state index is 0.0456. The van der Waals surface area contributed by atoms with E-state index >= 15 is 0 Å². The predicted molar refractivity (Wildman–Crippen MR) is 179 cm³/mol. The zero-order valence-electron chi connectivity index (χ0n) is 27.3. The zero-order chi connectivity index (χ0) is 34.5. The van der Waals surface area contributed by atoms with E-state index in [-0.39, 0.29) is 24.7 Å². The maximum absolute atomic E-state index is 13.3. The summed E-state index contributed by atoms with van der Waals surface area (Å²) in [5.41, 5.74) is 10.2. The van der Waals surface area contributed by atoms with Crippen LogP contribution in [0.2, 0.25) is 5.02 Å². The molecule has 2 aliphatic heterocycles. The van der Waals surface area contributed by atoms with Crippen molar-refractivity contribution in [3.63, 3.8) is 0 Å². The van der Waals surface area contributed by atoms with Crippen LogP contribution in [0.1, 0.15) is 43.9 Å². The van der Waals surface area contributed by atoms with Gasteiger partial charge in [-0.05, 0) is 79.5 Å². The number of aliphatic carboxylic acids is 1. The fourth-order valence-corrected chi connectivity index (χ4v) is 9.64. The summed E-state index contributed by atoms with van der Waals surface area (Å²) in [5.74, 6) is 3.00. The normalized spacial score (nSPS) is 31.9. The Labute approximate surface area is 292 Å². The molecule has 4 heterocycles. The largest absolute Gasteiger partial charge is 0.483 e. The number of imidazole rings is 1. The van der Waals surface area contributed by atoms with E-state index in [9.17, 15) is 19.8 Å². The fraction of sp³-hybridized carbons (Fsp3) is 0.606. The van der Waals surface area contributed by atoms with Crippen LogP contribution in [0.25, 0.3) is 21.6 Å². The molecule has 2 aromatic heterocycles. The Morgan fingerprint density at radius 2 is 1.82 bits per heavy atom. The van der Waals surface area contributed by atoms with Crippen molar-refractivity contribution in [3.8, 4) is 5.75 Å². The van der Waals surface area contributed by atoms with Gasteiger partial charge in [-0.3, -0.25) is 14.3 Å². The van der Waals surface area contributed by atoms with E-state index in [0.717, 1.165) is 36.8 Å². The molecule has 264 valence electrons. The molecule has 6 aliphatic rings. The number of hydrogen-bond acceptors (Lipinski definition) is 11. The van der Waals surface area contributed by atoms with Crippen molar-refractivity contribution >= 4 is 40.5 Å². The van der Waals surface area contributed by atoms with Crippen molar-refractivity contribution < 1.29 is 29.3 Å². The zero-order valence-corrected chi connectivity index (χ0v) is 28.0. The number of hydrogen-bond donors (Lipinski definition) is 3. The van der Waals surface area contributed by atoms with Crippen LogP contribution in [0.5, 0.6) is 5.75 Å². The second-order valence-electron chi connectivity index (χ2n) is 14.3. The number of aliphatic hydroxyl groups is 1. The molecule has 3 aromatic rings. The molecule has 2 saturated heterocycles. The molecule has 3 N–H and O–H groups in total. The van der Waals surface area contributed by atoms with Crippen LogP contribution in [0.4, 0.5) is 5.82 Å². The number of nitrogens with zero attached hydrogens (tertiary/aromatic N) is 9. The first-order valence-corrected chi connectivity index (χ1v) is 17.6. The van der Waals surface area contributed by atoms with Gasteiger partial charge in [0.25, 0.3) is 5.91 Å². The highest BCUT2D eigenvalue weighted by atomic mass is 35.5. The second-order valence-corrected chi connectivity index (χ2v) is 14.7. The smallest absolute Gasteiger partial charge is 0.333 e. The average molecular weight is 707 g/mol. The van der Waals surface area contributed by atoms with Gasteiger partial charge in [-0.2, -0.15) is 0 Å². The van der Waals surface area contributed by atoms with Crippen molar-refractivity contribution in [2.75, 3.05) is 38.1 Å². The Morgan fingerprint density at radius 1 is 1.08 bits per heavy atom. The molecule has 0 spiro atoms. The van der Waals surface area contributed by atoms with Gasteiger partial charge in [-0.25, -0.2) is 19.7 Å². The molecule has 4 bridgehead atoms. The number of carboxylic acids is 1. The first-order chi connectivity index (χ1) is 24.3. The quantitative estimate of drug-likeness (QED) is 0.158. The van der Waals surface area contributed by atoms with Crippen LogP contribution in [-0.4, -0.2) is 108 Å². The molecule has 4 unspecified atom stereocenters. The molecule has 9 rings (SSSR count). The number of aliphatic hydroxyl groups excluding tert-OH is 1. The van der Waals surface area contributed by atoms with E-state index in [0.29, 0.717) is 46.8 Å². The summed E-state index contributed by atoms with van der Waals surface area (Å²) in [6.45, 7) is 3.38. The van der Waals surface area contributed by atoms with Crippen LogP contribution in [0.15, 0.2) is 36.0 Å². The number of piperazine rings is 1. The molecule has 4 aliphatic carbocycles. The number of azide groups is 1. The van der Waals surface area contributed by atoms with Gasteiger partial charge in [0, 0.05) is 54.3 Å². The van der Waals surface area contributed by atoms with Gasteiger partial charge < -0.3 is 29.9 Å². The van der Waals surface area contributed by atoms with Gasteiger partial charge in [0.1, 0.15) is 24.2 Å². The molecule has 1 aromatic carbocycles. The van der Waals surface area contributed by atoms with E-state index in [2.05, 4.69) is 35.2 Å².